The molecule has 0 amide bonds. The first-order valence-electron chi connectivity index (χ1n) is 6.15. The zero-order valence-electron chi connectivity index (χ0n) is 11.4. The summed E-state index contributed by atoms with van der Waals surface area (Å²) < 4.78 is 5.05. The molecule has 0 radical (unpaired) electrons. The number of carboxylic acids is 1. The van der Waals surface area contributed by atoms with E-state index in [9.17, 15) is 4.79 Å². The van der Waals surface area contributed by atoms with Crippen LogP contribution in [0.2, 0.25) is 0 Å². The monoisotopic (exact) mass is 251 g/mol. The van der Waals surface area contributed by atoms with Gasteiger partial charge in [-0.25, -0.2) is 4.79 Å². The van der Waals surface area contributed by atoms with Crippen molar-refractivity contribution in [3.63, 3.8) is 0 Å². The van der Waals surface area contributed by atoms with Crippen LogP contribution < -0.4 is 9.64 Å². The van der Waals surface area contributed by atoms with Crippen molar-refractivity contribution in [2.45, 2.75) is 32.7 Å². The molecule has 0 spiro atoms. The number of rotatable bonds is 6. The zero-order valence-corrected chi connectivity index (χ0v) is 11.4. The highest BCUT2D eigenvalue weighted by Crippen LogP contribution is 2.26. The predicted molar refractivity (Wildman–Crippen MR) is 72.7 cm³/mol. The van der Waals surface area contributed by atoms with Crippen LogP contribution >= 0.6 is 0 Å². The maximum atomic E-state index is 11.2. The van der Waals surface area contributed by atoms with Crippen LogP contribution in [0.1, 0.15) is 37.0 Å². The van der Waals surface area contributed by atoms with Gasteiger partial charge in [0, 0.05) is 18.8 Å². The lowest BCUT2D eigenvalue weighted by Crippen LogP contribution is -2.28. The lowest BCUT2D eigenvalue weighted by Gasteiger charge is -2.27. The number of benzene rings is 1. The number of nitrogens with zero attached hydrogens (tertiary/aromatic N) is 1. The topological polar surface area (TPSA) is 49.8 Å². The van der Waals surface area contributed by atoms with Gasteiger partial charge in [-0.2, -0.15) is 0 Å². The second-order valence-electron chi connectivity index (χ2n) is 4.44. The first-order valence-corrected chi connectivity index (χ1v) is 6.15. The molecule has 0 saturated carbocycles. The second kappa shape index (κ2) is 6.28. The Labute approximate surface area is 108 Å². The first kappa shape index (κ1) is 14.4. The Balaban J connectivity index is 3.04. The largest absolute Gasteiger partial charge is 0.496 e. The molecule has 1 atom stereocenters. The van der Waals surface area contributed by atoms with E-state index in [1.807, 2.05) is 13.1 Å². The number of carboxylic acid groups (broad SMARTS) is 1. The van der Waals surface area contributed by atoms with Crippen LogP contribution in [-0.4, -0.2) is 31.3 Å². The van der Waals surface area contributed by atoms with Crippen LogP contribution in [0.25, 0.3) is 0 Å². The molecule has 0 saturated heterocycles. The first-order chi connectivity index (χ1) is 8.51. The maximum absolute atomic E-state index is 11.2. The van der Waals surface area contributed by atoms with E-state index in [1.165, 1.54) is 7.11 Å². The van der Waals surface area contributed by atoms with Gasteiger partial charge in [0.2, 0.25) is 0 Å². The van der Waals surface area contributed by atoms with Crippen LogP contribution in [0.3, 0.4) is 0 Å². The summed E-state index contributed by atoms with van der Waals surface area (Å²) in [6.07, 6.45) is 2.18. The number of ether oxygens (including phenoxy) is 1. The minimum absolute atomic E-state index is 0.200. The molecule has 1 N–H and O–H groups in total. The quantitative estimate of drug-likeness (QED) is 0.844. The Bertz CT molecular complexity index is 418. The van der Waals surface area contributed by atoms with Gasteiger partial charge in [0.15, 0.2) is 0 Å². The molecule has 0 aromatic heterocycles. The molecule has 1 aromatic carbocycles. The summed E-state index contributed by atoms with van der Waals surface area (Å²) in [5.74, 6) is -0.576. The molecule has 0 aliphatic carbocycles. The third-order valence-electron chi connectivity index (χ3n) is 3.19. The third-order valence-corrected chi connectivity index (χ3v) is 3.19. The SMILES string of the molecule is CCCC(C)N(C)c1ccc(OC)c(C(=O)O)c1. The van der Waals surface area contributed by atoms with Gasteiger partial charge in [0.25, 0.3) is 0 Å². The van der Waals surface area contributed by atoms with Crippen molar-refractivity contribution in [2.75, 3.05) is 19.1 Å². The van der Waals surface area contributed by atoms with Crippen molar-refractivity contribution in [2.24, 2.45) is 0 Å². The van der Waals surface area contributed by atoms with Crippen LogP contribution in [0, 0.1) is 0 Å². The number of carbonyl (C=O) groups is 1. The molecular weight excluding hydrogens is 230 g/mol. The fraction of sp³-hybridized carbons (Fsp3) is 0.500. The van der Waals surface area contributed by atoms with E-state index in [-0.39, 0.29) is 5.56 Å². The molecule has 1 unspecified atom stereocenters. The molecule has 0 aliphatic heterocycles. The van der Waals surface area contributed by atoms with Crippen molar-refractivity contribution < 1.29 is 14.6 Å². The Kier molecular flexibility index (Phi) is 5.01. The molecule has 100 valence electrons. The van der Waals surface area contributed by atoms with Crippen molar-refractivity contribution in [1.29, 1.82) is 0 Å². The van der Waals surface area contributed by atoms with E-state index >= 15 is 0 Å². The average Bonchev–Trinajstić information content (AvgIpc) is 2.37. The van der Waals surface area contributed by atoms with Crippen LogP contribution in [0.5, 0.6) is 5.75 Å². The van der Waals surface area contributed by atoms with Gasteiger partial charge in [0.05, 0.1) is 7.11 Å². The summed E-state index contributed by atoms with van der Waals surface area (Å²) in [6, 6.07) is 5.63. The molecule has 1 aromatic rings. The molecule has 0 aliphatic rings. The lowest BCUT2D eigenvalue weighted by atomic mass is 10.1. The van der Waals surface area contributed by atoms with E-state index in [4.69, 9.17) is 9.84 Å². The molecule has 1 rings (SSSR count). The van der Waals surface area contributed by atoms with Gasteiger partial charge >= 0.3 is 5.97 Å². The van der Waals surface area contributed by atoms with Crippen LogP contribution in [-0.2, 0) is 0 Å². The van der Waals surface area contributed by atoms with Crippen molar-refractivity contribution in [1.82, 2.24) is 0 Å². The lowest BCUT2D eigenvalue weighted by molar-refractivity contribution is 0.0693. The second-order valence-corrected chi connectivity index (χ2v) is 4.44. The minimum Gasteiger partial charge on any atom is -0.496 e. The van der Waals surface area contributed by atoms with E-state index in [1.54, 1.807) is 12.1 Å². The molecule has 0 bridgehead atoms. The van der Waals surface area contributed by atoms with E-state index < -0.39 is 5.97 Å². The van der Waals surface area contributed by atoms with E-state index in [0.29, 0.717) is 11.8 Å². The minimum atomic E-state index is -0.967. The Morgan fingerprint density at radius 1 is 1.50 bits per heavy atom. The van der Waals surface area contributed by atoms with Crippen molar-refractivity contribution in [3.8, 4) is 5.75 Å². The highest BCUT2D eigenvalue weighted by molar-refractivity contribution is 5.92. The van der Waals surface area contributed by atoms with Gasteiger partial charge in [-0.3, -0.25) is 0 Å². The number of anilines is 1. The number of hydrogen-bond acceptors (Lipinski definition) is 3. The highest BCUT2D eigenvalue weighted by Gasteiger charge is 2.15. The summed E-state index contributed by atoms with van der Waals surface area (Å²) in [4.78, 5) is 13.2. The molecule has 18 heavy (non-hydrogen) atoms. The van der Waals surface area contributed by atoms with E-state index in [0.717, 1.165) is 18.5 Å². The maximum Gasteiger partial charge on any atom is 0.339 e. The van der Waals surface area contributed by atoms with Gasteiger partial charge in [-0.05, 0) is 31.5 Å². The summed E-state index contributed by atoms with van der Waals surface area (Å²) in [7, 11) is 3.46. The van der Waals surface area contributed by atoms with Crippen LogP contribution in [0.4, 0.5) is 5.69 Å². The Morgan fingerprint density at radius 2 is 2.17 bits per heavy atom. The zero-order chi connectivity index (χ0) is 13.7. The molecule has 0 heterocycles. The Hall–Kier alpha value is -1.71. The highest BCUT2D eigenvalue weighted by atomic mass is 16.5. The molecule has 0 fully saturated rings. The molecule has 4 heteroatoms. The van der Waals surface area contributed by atoms with Crippen molar-refractivity contribution in [3.05, 3.63) is 23.8 Å². The van der Waals surface area contributed by atoms with E-state index in [2.05, 4.69) is 18.7 Å². The third kappa shape index (κ3) is 3.15. The number of methoxy groups -OCH3 is 1. The summed E-state index contributed by atoms with van der Waals surface area (Å²) in [5, 5.41) is 9.15. The standard InChI is InChI=1S/C14H21NO3/c1-5-6-10(2)15(3)11-7-8-13(18-4)12(9-11)14(16)17/h7-10H,5-6H2,1-4H3,(H,16,17). The Morgan fingerprint density at radius 3 is 2.67 bits per heavy atom. The fourth-order valence-electron chi connectivity index (χ4n) is 1.95. The number of hydrogen-bond donors (Lipinski definition) is 1. The van der Waals surface area contributed by atoms with Gasteiger partial charge in [0.1, 0.15) is 11.3 Å². The van der Waals surface area contributed by atoms with Gasteiger partial charge in [-0.1, -0.05) is 13.3 Å². The molecule has 4 nitrogen and oxygen atoms in total. The van der Waals surface area contributed by atoms with Gasteiger partial charge < -0.3 is 14.7 Å². The van der Waals surface area contributed by atoms with Gasteiger partial charge in [-0.15, -0.1) is 0 Å². The smallest absolute Gasteiger partial charge is 0.339 e. The normalized spacial score (nSPS) is 12.0. The summed E-state index contributed by atoms with van der Waals surface area (Å²) in [5.41, 5.74) is 1.10. The predicted octanol–water partition coefficient (Wildman–Crippen LogP) is 3.02. The van der Waals surface area contributed by atoms with Crippen LogP contribution in [0.15, 0.2) is 18.2 Å². The van der Waals surface area contributed by atoms with Crippen molar-refractivity contribution >= 4 is 11.7 Å². The molecular formula is C14H21NO3. The summed E-state index contributed by atoms with van der Waals surface area (Å²) >= 11 is 0. The number of aromatic carboxylic acids is 1. The fourth-order valence-corrected chi connectivity index (χ4v) is 1.95. The summed E-state index contributed by atoms with van der Waals surface area (Å²) in [6.45, 7) is 4.27. The average molecular weight is 251 g/mol.